The van der Waals surface area contributed by atoms with E-state index >= 15 is 0 Å². The monoisotopic (exact) mass is 967 g/mol. The number of hydrogen-bond acceptors (Lipinski definition) is 0. The Bertz CT molecular complexity index is 1290. The maximum atomic E-state index is 2.39. The maximum absolute atomic E-state index is 2.39. The smallest absolute Gasteiger partial charge is 0.0134 e. The Hall–Kier alpha value is -1.70. The summed E-state index contributed by atoms with van der Waals surface area (Å²) < 4.78 is 0. The third kappa shape index (κ3) is 13.6. The predicted molar refractivity (Wildman–Crippen MR) is 226 cm³/mol. The fraction of sp³-hybridized carbons (Fsp3) is 0.119. The largest absolute Gasteiger partial charge is 0.0622 e. The van der Waals surface area contributed by atoms with E-state index < -0.39 is 15.8 Å². The molecule has 6 aromatic rings. The van der Waals surface area contributed by atoms with Crippen LogP contribution in [-0.2, 0) is 10.8 Å². The quantitative estimate of drug-likeness (QED) is 0.0675. The van der Waals surface area contributed by atoms with E-state index in [9.17, 15) is 0 Å². The molecule has 1 aliphatic rings. The van der Waals surface area contributed by atoms with Crippen molar-refractivity contribution < 1.29 is 10.8 Å². The van der Waals surface area contributed by atoms with Gasteiger partial charge >= 0.3 is 49.8 Å². The molecule has 5 heteroatoms. The third-order valence-electron chi connectivity index (χ3n) is 7.40. The van der Waals surface area contributed by atoms with Gasteiger partial charge in [0.15, 0.2) is 0 Å². The molecule has 0 bridgehead atoms. The van der Waals surface area contributed by atoms with Crippen LogP contribution < -0.4 is 31.8 Å². The zero-order chi connectivity index (χ0) is 32.8. The summed E-state index contributed by atoms with van der Waals surface area (Å²) in [6, 6.07) is 64.7. The molecule has 1 aliphatic carbocycles. The van der Waals surface area contributed by atoms with E-state index in [-0.39, 0.29) is 0 Å². The summed E-state index contributed by atoms with van der Waals surface area (Å²) in [5.74, 6) is 0. The van der Waals surface area contributed by atoms with Crippen LogP contribution in [0.15, 0.2) is 182 Å². The molecule has 0 heterocycles. The molecule has 0 spiro atoms. The number of hydrogen-bond donors (Lipinski definition) is 0. The van der Waals surface area contributed by atoms with Crippen molar-refractivity contribution in [3.63, 3.8) is 0 Å². The van der Waals surface area contributed by atoms with E-state index in [1.807, 2.05) is 0 Å². The minimum Gasteiger partial charge on any atom is -0.0622 e. The Kier molecular flexibility index (Phi) is 19.2. The molecule has 47 heavy (non-hydrogen) atoms. The first-order valence-corrected chi connectivity index (χ1v) is 27.8. The standard InChI is InChI=1S/2C18H15P.C6H11.2HI.Pd/c2*1-4-10-16(11-5-1)19(17-12-6-2-7-13-17)18-14-8-3-9-15-18;1-2-4-6-5-3-1;;;/h2*1-15H;1H,2-6H2;2*1H;/q;;-1;;;+2/p-2. The second-order valence-corrected chi connectivity index (χ2v) is 27.1. The van der Waals surface area contributed by atoms with E-state index in [2.05, 4.69) is 227 Å². The SMILES string of the molecule is [CH-]1CCCCC1.[I][Pd][I].c1ccc(P(c2ccccc2)c2ccccc2)cc1.c1ccc(P(c2ccccc2)c2ccccc2)cc1. The second kappa shape index (κ2) is 23.6. The Morgan fingerprint density at radius 2 is 0.532 bits per heavy atom. The Labute approximate surface area is 314 Å². The number of benzene rings is 6. The molecule has 6 aromatic carbocycles. The summed E-state index contributed by atoms with van der Waals surface area (Å²) in [6.45, 7) is 0. The van der Waals surface area contributed by atoms with Crippen molar-refractivity contribution in [2.45, 2.75) is 32.1 Å². The topological polar surface area (TPSA) is 0 Å². The third-order valence-corrected chi connectivity index (χ3v) is 12.3. The molecule has 7 rings (SSSR count). The van der Waals surface area contributed by atoms with Gasteiger partial charge < -0.3 is 6.42 Å². The van der Waals surface area contributed by atoms with E-state index in [4.69, 9.17) is 0 Å². The predicted octanol–water partition coefficient (Wildman–Crippen LogP) is 10.8. The van der Waals surface area contributed by atoms with E-state index in [0.29, 0.717) is 0 Å². The molecular weight excluding hydrogens is 927 g/mol. The summed E-state index contributed by atoms with van der Waals surface area (Å²) in [4.78, 5) is 0. The van der Waals surface area contributed by atoms with E-state index in [1.54, 1.807) is 0 Å². The van der Waals surface area contributed by atoms with Gasteiger partial charge in [-0.05, 0) is 47.7 Å². The van der Waals surface area contributed by atoms with E-state index in [0.717, 1.165) is 10.8 Å². The molecule has 0 aromatic heterocycles. The van der Waals surface area contributed by atoms with Gasteiger partial charge in [-0.25, -0.2) is 0 Å². The fourth-order valence-corrected chi connectivity index (χ4v) is 9.87. The van der Waals surface area contributed by atoms with Gasteiger partial charge in [-0.2, -0.15) is 12.8 Å². The van der Waals surface area contributed by atoms with Gasteiger partial charge in [0.25, 0.3) is 0 Å². The normalized spacial score (nSPS) is 12.1. The fourth-order valence-electron chi connectivity index (χ4n) is 5.26. The van der Waals surface area contributed by atoms with Gasteiger partial charge in [-0.15, -0.1) is 0 Å². The molecule has 0 unspecified atom stereocenters. The first kappa shape index (κ1) is 38.1. The first-order chi connectivity index (χ1) is 23.3. The van der Waals surface area contributed by atoms with E-state index in [1.165, 1.54) is 63.9 Å². The van der Waals surface area contributed by atoms with Crippen LogP contribution in [0.5, 0.6) is 0 Å². The van der Waals surface area contributed by atoms with Crippen molar-refractivity contribution >= 4 is 86.7 Å². The van der Waals surface area contributed by atoms with Gasteiger partial charge in [0, 0.05) is 0 Å². The molecule has 0 N–H and O–H groups in total. The second-order valence-electron chi connectivity index (χ2n) is 10.7. The average molecular weight is 968 g/mol. The van der Waals surface area contributed by atoms with Crippen LogP contribution in [0.1, 0.15) is 32.1 Å². The van der Waals surface area contributed by atoms with Crippen LogP contribution >= 0.6 is 54.9 Å². The van der Waals surface area contributed by atoms with Crippen LogP contribution in [0.25, 0.3) is 0 Å². The molecule has 0 atom stereocenters. The summed E-state index contributed by atoms with van der Waals surface area (Å²) in [5, 5.41) is 8.39. The summed E-state index contributed by atoms with van der Waals surface area (Å²) in [7, 11) is -0.00198. The van der Waals surface area contributed by atoms with Crippen molar-refractivity contribution in [2.24, 2.45) is 0 Å². The Morgan fingerprint density at radius 1 is 0.340 bits per heavy atom. The molecule has 0 saturated heterocycles. The van der Waals surface area contributed by atoms with Gasteiger partial charge in [0.05, 0.1) is 0 Å². The molecule has 0 amide bonds. The molecule has 0 nitrogen and oxygen atoms in total. The van der Waals surface area contributed by atoms with Crippen molar-refractivity contribution in [3.8, 4) is 0 Å². The minimum absolute atomic E-state index is 0.446. The van der Waals surface area contributed by atoms with Crippen LogP contribution in [0.2, 0.25) is 0 Å². The molecular formula is C42H41I2P2Pd-. The summed E-state index contributed by atoms with van der Waals surface area (Å²) in [6.07, 6.45) is 9.50. The van der Waals surface area contributed by atoms with Crippen LogP contribution in [0.4, 0.5) is 0 Å². The number of halogens is 2. The van der Waals surface area contributed by atoms with Crippen molar-refractivity contribution in [2.75, 3.05) is 0 Å². The van der Waals surface area contributed by atoms with Gasteiger partial charge in [-0.3, -0.25) is 0 Å². The first-order valence-electron chi connectivity index (χ1n) is 15.9. The Balaban J connectivity index is 0.000000169. The maximum Gasteiger partial charge on any atom is -0.0134 e. The summed E-state index contributed by atoms with van der Waals surface area (Å²) >= 11 is 4.65. The zero-order valence-corrected chi connectivity index (χ0v) is 34.1. The van der Waals surface area contributed by atoms with Crippen molar-refractivity contribution in [3.05, 3.63) is 188 Å². The molecule has 0 radical (unpaired) electrons. The summed E-state index contributed by atoms with van der Waals surface area (Å²) in [5.41, 5.74) is 0. The van der Waals surface area contributed by atoms with Crippen molar-refractivity contribution in [1.82, 2.24) is 0 Å². The molecule has 1 fully saturated rings. The molecule has 1 saturated carbocycles. The van der Waals surface area contributed by atoms with Crippen LogP contribution in [0.3, 0.4) is 0 Å². The van der Waals surface area contributed by atoms with Gasteiger partial charge in [0.1, 0.15) is 0 Å². The minimum atomic E-state index is -0.446. The zero-order valence-electron chi connectivity index (χ0n) is 26.4. The molecule has 0 aliphatic heterocycles. The molecule has 244 valence electrons. The van der Waals surface area contributed by atoms with Gasteiger partial charge in [0.2, 0.25) is 0 Å². The Morgan fingerprint density at radius 3 is 0.660 bits per heavy atom. The number of rotatable bonds is 6. The van der Waals surface area contributed by atoms with Gasteiger partial charge in [-0.1, -0.05) is 201 Å². The van der Waals surface area contributed by atoms with Crippen molar-refractivity contribution in [1.29, 1.82) is 0 Å². The van der Waals surface area contributed by atoms with Crippen LogP contribution in [-0.4, -0.2) is 0 Å². The average Bonchev–Trinajstić information content (AvgIpc) is 3.16. The van der Waals surface area contributed by atoms with Crippen LogP contribution in [0, 0.1) is 6.42 Å².